The molecule has 0 fully saturated rings. The van der Waals surface area contributed by atoms with Gasteiger partial charge in [-0.25, -0.2) is 0 Å². The Morgan fingerprint density at radius 2 is 1.20 bits per heavy atom. The molecule has 0 aliphatic heterocycles. The monoisotopic (exact) mass is 435 g/mol. The van der Waals surface area contributed by atoms with Crippen LogP contribution in [-0.4, -0.2) is 83.4 Å². The van der Waals surface area contributed by atoms with Crippen LogP contribution in [0.25, 0.3) is 0 Å². The lowest BCUT2D eigenvalue weighted by molar-refractivity contribution is -0.191. The summed E-state index contributed by atoms with van der Waals surface area (Å²) in [5, 5.41) is 2.90. The summed E-state index contributed by atoms with van der Waals surface area (Å²) in [6.07, 6.45) is 1.57. The minimum Gasteiger partial charge on any atom is -0.469 e. The van der Waals surface area contributed by atoms with Crippen molar-refractivity contribution in [1.82, 2.24) is 5.32 Å². The summed E-state index contributed by atoms with van der Waals surface area (Å²) in [5.41, 5.74) is -0.922. The van der Waals surface area contributed by atoms with Crippen molar-refractivity contribution < 1.29 is 47.7 Å². The molecule has 1 amide bonds. The van der Waals surface area contributed by atoms with E-state index in [2.05, 4.69) is 14.8 Å². The van der Waals surface area contributed by atoms with Crippen molar-refractivity contribution in [2.24, 2.45) is 0 Å². The standard InChI is InChI=1S/C18H33NO8.CO2/c1-5-9-25-12-18(19-15(20)6-2,13-26-10-7-16(21)23-3)14-27-11-8-17(22)24-4;2-1-3/h5-14H2,1-4H3,(H,19,20);. The molecule has 0 unspecified atom stereocenters. The minimum atomic E-state index is -0.922. The van der Waals surface area contributed by atoms with Gasteiger partial charge in [-0.2, -0.15) is 9.59 Å². The van der Waals surface area contributed by atoms with Gasteiger partial charge in [-0.3, -0.25) is 14.4 Å². The molecule has 0 aromatic rings. The first-order valence-electron chi connectivity index (χ1n) is 9.51. The molecule has 11 nitrogen and oxygen atoms in total. The first-order valence-corrected chi connectivity index (χ1v) is 9.51. The summed E-state index contributed by atoms with van der Waals surface area (Å²) in [5.74, 6) is -0.937. The average Bonchev–Trinajstić information content (AvgIpc) is 2.74. The summed E-state index contributed by atoms with van der Waals surface area (Å²) in [7, 11) is 2.61. The third-order valence-corrected chi connectivity index (χ3v) is 3.57. The lowest BCUT2D eigenvalue weighted by Gasteiger charge is -2.34. The fourth-order valence-corrected chi connectivity index (χ4v) is 2.08. The first kappa shape index (κ1) is 29.9. The molecule has 0 atom stereocenters. The lowest BCUT2D eigenvalue weighted by Crippen LogP contribution is -2.58. The second kappa shape index (κ2) is 20.0. The minimum absolute atomic E-state index is 0.0949. The summed E-state index contributed by atoms with van der Waals surface area (Å²) in [6, 6.07) is 0. The van der Waals surface area contributed by atoms with E-state index in [9.17, 15) is 14.4 Å². The first-order chi connectivity index (χ1) is 14.3. The molecular formula is C19H33NO10. The zero-order chi connectivity index (χ0) is 23.3. The van der Waals surface area contributed by atoms with Crippen LogP contribution in [0.1, 0.15) is 39.5 Å². The van der Waals surface area contributed by atoms with Crippen LogP contribution in [0.2, 0.25) is 0 Å². The predicted octanol–water partition coefficient (Wildman–Crippen LogP) is 0.254. The molecule has 0 aliphatic rings. The van der Waals surface area contributed by atoms with Gasteiger partial charge in [0.1, 0.15) is 5.54 Å². The highest BCUT2D eigenvalue weighted by atomic mass is 16.5. The van der Waals surface area contributed by atoms with Gasteiger partial charge >= 0.3 is 18.1 Å². The van der Waals surface area contributed by atoms with Crippen molar-refractivity contribution in [1.29, 1.82) is 0 Å². The van der Waals surface area contributed by atoms with E-state index in [4.69, 9.17) is 23.8 Å². The van der Waals surface area contributed by atoms with E-state index in [1.807, 2.05) is 6.92 Å². The maximum absolute atomic E-state index is 12.0. The van der Waals surface area contributed by atoms with Gasteiger partial charge in [-0.1, -0.05) is 13.8 Å². The Kier molecular flexibility index (Phi) is 19.9. The van der Waals surface area contributed by atoms with Crippen molar-refractivity contribution in [2.45, 2.75) is 45.1 Å². The van der Waals surface area contributed by atoms with Gasteiger partial charge in [0.25, 0.3) is 0 Å². The number of amides is 1. The van der Waals surface area contributed by atoms with E-state index in [1.165, 1.54) is 14.2 Å². The highest BCUT2D eigenvalue weighted by Crippen LogP contribution is 2.11. The third-order valence-electron chi connectivity index (χ3n) is 3.57. The molecule has 0 saturated heterocycles. The lowest BCUT2D eigenvalue weighted by atomic mass is 10.0. The molecular weight excluding hydrogens is 402 g/mol. The number of ether oxygens (including phenoxy) is 5. The van der Waals surface area contributed by atoms with Crippen LogP contribution in [0.15, 0.2) is 0 Å². The molecule has 0 rings (SSSR count). The second-order valence-electron chi connectivity index (χ2n) is 6.08. The molecule has 0 aliphatic carbocycles. The zero-order valence-corrected chi connectivity index (χ0v) is 18.2. The van der Waals surface area contributed by atoms with Gasteiger partial charge in [0.05, 0.1) is 60.1 Å². The maximum atomic E-state index is 12.0. The largest absolute Gasteiger partial charge is 0.469 e. The Bertz CT molecular complexity index is 493. The van der Waals surface area contributed by atoms with Crippen LogP contribution in [0, 0.1) is 0 Å². The summed E-state index contributed by atoms with van der Waals surface area (Å²) >= 11 is 0. The number of rotatable bonds is 16. The van der Waals surface area contributed by atoms with Crippen molar-refractivity contribution in [3.05, 3.63) is 0 Å². The second-order valence-corrected chi connectivity index (χ2v) is 6.08. The van der Waals surface area contributed by atoms with Crippen LogP contribution >= 0.6 is 0 Å². The van der Waals surface area contributed by atoms with E-state index < -0.39 is 5.54 Å². The fraction of sp³-hybridized carbons (Fsp3) is 0.789. The average molecular weight is 435 g/mol. The Hall–Kier alpha value is -2.33. The number of methoxy groups -OCH3 is 2. The van der Waals surface area contributed by atoms with Gasteiger partial charge in [0, 0.05) is 13.0 Å². The van der Waals surface area contributed by atoms with Gasteiger partial charge in [-0.05, 0) is 6.42 Å². The molecule has 0 aromatic carbocycles. The van der Waals surface area contributed by atoms with E-state index >= 15 is 0 Å². The normalized spacial score (nSPS) is 10.3. The molecule has 1 N–H and O–H groups in total. The highest BCUT2D eigenvalue weighted by Gasteiger charge is 2.33. The Morgan fingerprint density at radius 3 is 1.53 bits per heavy atom. The zero-order valence-electron chi connectivity index (χ0n) is 18.2. The van der Waals surface area contributed by atoms with Crippen molar-refractivity contribution in [3.63, 3.8) is 0 Å². The van der Waals surface area contributed by atoms with Gasteiger partial charge in [-0.15, -0.1) is 0 Å². The molecule has 30 heavy (non-hydrogen) atoms. The number of hydrogen-bond donors (Lipinski definition) is 1. The van der Waals surface area contributed by atoms with Crippen LogP contribution in [0.5, 0.6) is 0 Å². The van der Waals surface area contributed by atoms with Crippen molar-refractivity contribution in [2.75, 3.05) is 53.9 Å². The van der Waals surface area contributed by atoms with E-state index in [0.717, 1.165) is 6.42 Å². The quantitative estimate of drug-likeness (QED) is 0.265. The van der Waals surface area contributed by atoms with E-state index in [-0.39, 0.29) is 69.9 Å². The SMILES string of the molecule is CCCOCC(COCCC(=O)OC)(COCCC(=O)OC)NC(=O)CC.O=C=O. The van der Waals surface area contributed by atoms with Gasteiger partial charge in [0.2, 0.25) is 5.91 Å². The summed E-state index contributed by atoms with van der Waals surface area (Å²) in [6.45, 7) is 4.90. The number of nitrogens with one attached hydrogen (secondary N) is 1. The topological polar surface area (TPSA) is 144 Å². The number of carbonyl (C=O) groups excluding carboxylic acids is 5. The molecule has 0 radical (unpaired) electrons. The number of esters is 2. The van der Waals surface area contributed by atoms with Crippen LogP contribution in [-0.2, 0) is 47.7 Å². The predicted molar refractivity (Wildman–Crippen MR) is 102 cm³/mol. The van der Waals surface area contributed by atoms with Crippen LogP contribution in [0.3, 0.4) is 0 Å². The van der Waals surface area contributed by atoms with Gasteiger partial charge < -0.3 is 29.0 Å². The molecule has 0 saturated carbocycles. The van der Waals surface area contributed by atoms with E-state index in [1.54, 1.807) is 6.92 Å². The van der Waals surface area contributed by atoms with Crippen molar-refractivity contribution >= 4 is 24.0 Å². The summed E-state index contributed by atoms with van der Waals surface area (Å²) < 4.78 is 25.9. The molecule has 0 heterocycles. The highest BCUT2D eigenvalue weighted by molar-refractivity contribution is 5.76. The van der Waals surface area contributed by atoms with E-state index in [0.29, 0.717) is 13.0 Å². The fourth-order valence-electron chi connectivity index (χ4n) is 2.08. The third kappa shape index (κ3) is 16.6. The van der Waals surface area contributed by atoms with Gasteiger partial charge in [0.15, 0.2) is 0 Å². The molecule has 11 heteroatoms. The maximum Gasteiger partial charge on any atom is 0.373 e. The van der Waals surface area contributed by atoms with Crippen LogP contribution < -0.4 is 5.32 Å². The Labute approximate surface area is 176 Å². The number of hydrogen-bond acceptors (Lipinski definition) is 10. The molecule has 174 valence electrons. The molecule has 0 aromatic heterocycles. The Morgan fingerprint density at radius 1 is 0.800 bits per heavy atom. The molecule has 0 bridgehead atoms. The van der Waals surface area contributed by atoms with Crippen LogP contribution in [0.4, 0.5) is 0 Å². The van der Waals surface area contributed by atoms with Crippen molar-refractivity contribution in [3.8, 4) is 0 Å². The smallest absolute Gasteiger partial charge is 0.373 e. The molecule has 0 spiro atoms. The number of carbonyl (C=O) groups is 3. The summed E-state index contributed by atoms with van der Waals surface area (Å²) in [4.78, 5) is 50.7. The Balaban J connectivity index is 0.